The molecule has 0 aromatic heterocycles. The first-order valence-electron chi connectivity index (χ1n) is 9.32. The minimum absolute atomic E-state index is 0.175. The highest BCUT2D eigenvalue weighted by molar-refractivity contribution is 5.94. The Balaban J connectivity index is 2.86. The minimum atomic E-state index is -1.28. The van der Waals surface area contributed by atoms with Gasteiger partial charge in [0.05, 0.1) is 6.04 Å². The normalized spacial score (nSPS) is 17.6. The van der Waals surface area contributed by atoms with Crippen molar-refractivity contribution in [3.8, 4) is 0 Å². The molecule has 0 aromatic rings. The molecule has 3 atom stereocenters. The van der Waals surface area contributed by atoms with Crippen LogP contribution < -0.4 is 16.4 Å². The lowest BCUT2D eigenvalue weighted by Crippen LogP contribution is -2.56. The molecule has 0 aromatic carbocycles. The molecule has 13 heteroatoms. The van der Waals surface area contributed by atoms with Gasteiger partial charge in [0, 0.05) is 19.4 Å². The topological polar surface area (TPSA) is 216 Å². The minimum Gasteiger partial charge on any atom is -0.481 e. The van der Waals surface area contributed by atoms with Crippen LogP contribution in [0.15, 0.2) is 0 Å². The van der Waals surface area contributed by atoms with Crippen molar-refractivity contribution in [1.29, 1.82) is 0 Å². The number of nitrogens with one attached hydrogen (secondary N) is 2. The van der Waals surface area contributed by atoms with Gasteiger partial charge >= 0.3 is 17.9 Å². The quantitative estimate of drug-likeness (QED) is 0.195. The molecule has 7 N–H and O–H groups in total. The molecule has 1 aliphatic heterocycles. The Morgan fingerprint density at radius 3 is 2.13 bits per heavy atom. The summed E-state index contributed by atoms with van der Waals surface area (Å²) in [6.07, 6.45) is -0.481. The fourth-order valence-corrected chi connectivity index (χ4v) is 3.00. The molecule has 3 amide bonds. The van der Waals surface area contributed by atoms with E-state index in [0.29, 0.717) is 6.42 Å². The van der Waals surface area contributed by atoms with Crippen LogP contribution in [0.2, 0.25) is 0 Å². The van der Waals surface area contributed by atoms with Crippen molar-refractivity contribution < 1.29 is 44.1 Å². The zero-order valence-electron chi connectivity index (χ0n) is 16.2. The average molecular weight is 430 g/mol. The number of carbonyl (C=O) groups is 6. The Bertz CT molecular complexity index is 697. The molecule has 168 valence electrons. The van der Waals surface area contributed by atoms with Gasteiger partial charge in [0.1, 0.15) is 18.6 Å². The van der Waals surface area contributed by atoms with Crippen LogP contribution in [0.3, 0.4) is 0 Å². The standard InChI is InChI=1S/C17H26N4O9/c18-9(3-5-12(22)23)15(28)20-10(4-6-13(24)25)17(30)21-7-1-2-11(21)16(29)19-8-14(26)27/h9-11H,1-8,18H2,(H,19,29)(H,20,28)(H,22,23)(H,24,25)(H,26,27). The predicted octanol–water partition coefficient (Wildman–Crippen LogP) is -2.28. The summed E-state index contributed by atoms with van der Waals surface area (Å²) in [5.41, 5.74) is 5.63. The van der Waals surface area contributed by atoms with Crippen LogP contribution in [0.4, 0.5) is 0 Å². The number of carboxylic acid groups (broad SMARTS) is 3. The van der Waals surface area contributed by atoms with E-state index in [-0.39, 0.29) is 32.2 Å². The van der Waals surface area contributed by atoms with Crippen LogP contribution in [0.5, 0.6) is 0 Å². The van der Waals surface area contributed by atoms with E-state index in [9.17, 15) is 28.8 Å². The van der Waals surface area contributed by atoms with E-state index in [0.717, 1.165) is 0 Å². The number of hydrogen-bond acceptors (Lipinski definition) is 7. The van der Waals surface area contributed by atoms with Crippen LogP contribution in [-0.4, -0.2) is 87.1 Å². The number of amides is 3. The number of nitrogens with two attached hydrogens (primary N) is 1. The lowest BCUT2D eigenvalue weighted by molar-refractivity contribution is -0.144. The first kappa shape index (κ1) is 24.8. The van der Waals surface area contributed by atoms with Gasteiger partial charge in [-0.05, 0) is 25.7 Å². The zero-order valence-corrected chi connectivity index (χ0v) is 16.2. The SMILES string of the molecule is NC(CCC(=O)O)C(=O)NC(CCC(=O)O)C(=O)N1CCCC1C(=O)NCC(=O)O. The number of aliphatic carboxylic acids is 3. The highest BCUT2D eigenvalue weighted by Crippen LogP contribution is 2.20. The van der Waals surface area contributed by atoms with Crippen molar-refractivity contribution in [1.82, 2.24) is 15.5 Å². The monoisotopic (exact) mass is 430 g/mol. The van der Waals surface area contributed by atoms with Gasteiger partial charge in [-0.1, -0.05) is 0 Å². The summed E-state index contributed by atoms with van der Waals surface area (Å²) in [6, 6.07) is -3.44. The Morgan fingerprint density at radius 2 is 1.57 bits per heavy atom. The maximum atomic E-state index is 12.9. The zero-order chi connectivity index (χ0) is 22.8. The summed E-state index contributed by atoms with van der Waals surface area (Å²) < 4.78 is 0. The Labute approximate surface area is 171 Å². The number of hydrogen-bond donors (Lipinski definition) is 6. The first-order chi connectivity index (χ1) is 14.0. The van der Waals surface area contributed by atoms with Gasteiger partial charge in [0.15, 0.2) is 0 Å². The van der Waals surface area contributed by atoms with Crippen LogP contribution in [0, 0.1) is 0 Å². The molecule has 0 saturated carbocycles. The molecule has 1 fully saturated rings. The Kier molecular flexibility index (Phi) is 9.68. The molecule has 13 nitrogen and oxygen atoms in total. The number of nitrogens with zero attached hydrogens (tertiary/aromatic N) is 1. The maximum absolute atomic E-state index is 12.9. The molecular weight excluding hydrogens is 404 g/mol. The van der Waals surface area contributed by atoms with E-state index in [1.54, 1.807) is 0 Å². The third-order valence-electron chi connectivity index (χ3n) is 4.52. The molecule has 0 radical (unpaired) electrons. The molecule has 0 aliphatic carbocycles. The second kappa shape index (κ2) is 11.7. The van der Waals surface area contributed by atoms with E-state index < -0.39 is 66.7 Å². The molecule has 1 aliphatic rings. The van der Waals surface area contributed by atoms with Crippen LogP contribution in [0.1, 0.15) is 38.5 Å². The fraction of sp³-hybridized carbons (Fsp3) is 0.647. The lowest BCUT2D eigenvalue weighted by atomic mass is 10.1. The van der Waals surface area contributed by atoms with Crippen LogP contribution >= 0.6 is 0 Å². The van der Waals surface area contributed by atoms with Crippen molar-refractivity contribution in [3.05, 3.63) is 0 Å². The van der Waals surface area contributed by atoms with E-state index in [2.05, 4.69) is 10.6 Å². The van der Waals surface area contributed by atoms with Gasteiger partial charge in [0.2, 0.25) is 17.7 Å². The molecule has 1 heterocycles. The average Bonchev–Trinajstić information content (AvgIpc) is 3.16. The van der Waals surface area contributed by atoms with Crippen molar-refractivity contribution in [2.45, 2.75) is 56.7 Å². The van der Waals surface area contributed by atoms with E-state index in [1.807, 2.05) is 0 Å². The van der Waals surface area contributed by atoms with Crippen molar-refractivity contribution in [2.24, 2.45) is 5.73 Å². The third kappa shape index (κ3) is 8.03. The summed E-state index contributed by atoms with van der Waals surface area (Å²) in [4.78, 5) is 70.7. The Hall–Kier alpha value is -3.22. The second-order valence-electron chi connectivity index (χ2n) is 6.83. The Morgan fingerprint density at radius 1 is 0.967 bits per heavy atom. The smallest absolute Gasteiger partial charge is 0.322 e. The molecule has 3 unspecified atom stereocenters. The van der Waals surface area contributed by atoms with E-state index >= 15 is 0 Å². The summed E-state index contributed by atoms with van der Waals surface area (Å²) in [5, 5.41) is 30.8. The first-order valence-corrected chi connectivity index (χ1v) is 9.32. The van der Waals surface area contributed by atoms with Gasteiger partial charge in [0.25, 0.3) is 0 Å². The molecule has 1 rings (SSSR count). The molecule has 1 saturated heterocycles. The van der Waals surface area contributed by atoms with Gasteiger partial charge in [-0.3, -0.25) is 28.8 Å². The third-order valence-corrected chi connectivity index (χ3v) is 4.52. The van der Waals surface area contributed by atoms with Gasteiger partial charge in [-0.15, -0.1) is 0 Å². The van der Waals surface area contributed by atoms with Gasteiger partial charge < -0.3 is 36.6 Å². The summed E-state index contributed by atoms with van der Waals surface area (Å²) in [6.45, 7) is -0.441. The van der Waals surface area contributed by atoms with Crippen molar-refractivity contribution >= 4 is 35.6 Å². The molecule has 30 heavy (non-hydrogen) atoms. The predicted molar refractivity (Wildman–Crippen MR) is 99.0 cm³/mol. The molecule has 0 spiro atoms. The number of likely N-dealkylation sites (tertiary alicyclic amines) is 1. The van der Waals surface area contributed by atoms with Crippen LogP contribution in [0.25, 0.3) is 0 Å². The van der Waals surface area contributed by atoms with Gasteiger partial charge in [-0.25, -0.2) is 0 Å². The summed E-state index contributed by atoms with van der Waals surface area (Å²) >= 11 is 0. The second-order valence-corrected chi connectivity index (χ2v) is 6.83. The summed E-state index contributed by atoms with van der Waals surface area (Å²) in [5.74, 6) is -5.77. The van der Waals surface area contributed by atoms with Gasteiger partial charge in [-0.2, -0.15) is 0 Å². The highest BCUT2D eigenvalue weighted by atomic mass is 16.4. The molecular formula is C17H26N4O9. The highest BCUT2D eigenvalue weighted by Gasteiger charge is 2.38. The lowest BCUT2D eigenvalue weighted by Gasteiger charge is -2.29. The van der Waals surface area contributed by atoms with E-state index in [1.165, 1.54) is 4.90 Å². The largest absolute Gasteiger partial charge is 0.481 e. The van der Waals surface area contributed by atoms with Crippen LogP contribution in [-0.2, 0) is 28.8 Å². The summed E-state index contributed by atoms with van der Waals surface area (Å²) in [7, 11) is 0. The van der Waals surface area contributed by atoms with Crippen molar-refractivity contribution in [2.75, 3.05) is 13.1 Å². The number of rotatable bonds is 12. The molecule has 0 bridgehead atoms. The van der Waals surface area contributed by atoms with Crippen molar-refractivity contribution in [3.63, 3.8) is 0 Å². The van der Waals surface area contributed by atoms with E-state index in [4.69, 9.17) is 21.1 Å². The maximum Gasteiger partial charge on any atom is 0.322 e. The number of carboxylic acids is 3. The fourth-order valence-electron chi connectivity index (χ4n) is 3.00. The number of carbonyl (C=O) groups excluding carboxylic acids is 3.